The van der Waals surface area contributed by atoms with Crippen LogP contribution in [0.3, 0.4) is 0 Å². The first-order valence-electron chi connectivity index (χ1n) is 3.83. The van der Waals surface area contributed by atoms with Crippen LogP contribution in [0.2, 0.25) is 0 Å². The van der Waals surface area contributed by atoms with E-state index in [1.54, 1.807) is 19.1 Å². The molecule has 3 heteroatoms. The van der Waals surface area contributed by atoms with Gasteiger partial charge in [0, 0.05) is 6.54 Å². The molecule has 0 unspecified atom stereocenters. The highest BCUT2D eigenvalue weighted by molar-refractivity contribution is 5.28. The van der Waals surface area contributed by atoms with Gasteiger partial charge in [0.25, 0.3) is 0 Å². The van der Waals surface area contributed by atoms with Crippen molar-refractivity contribution in [2.75, 3.05) is 13.2 Å². The van der Waals surface area contributed by atoms with E-state index in [0.717, 1.165) is 0 Å². The molecule has 0 spiro atoms. The standard InChI is InChI=1S/C9H12FNO/c1-7-6-8(12-5-4-11)2-3-9(7)10/h2-3,6H,4-5,11H2,1H3. The minimum absolute atomic E-state index is 0.213. The lowest BCUT2D eigenvalue weighted by atomic mass is 10.2. The lowest BCUT2D eigenvalue weighted by Crippen LogP contribution is -2.10. The van der Waals surface area contributed by atoms with E-state index in [9.17, 15) is 4.39 Å². The number of aryl methyl sites for hydroxylation is 1. The van der Waals surface area contributed by atoms with E-state index in [1.165, 1.54) is 6.07 Å². The highest BCUT2D eigenvalue weighted by Gasteiger charge is 1.98. The Morgan fingerprint density at radius 2 is 2.25 bits per heavy atom. The molecule has 0 aromatic heterocycles. The summed E-state index contributed by atoms with van der Waals surface area (Å²) in [5.74, 6) is 0.453. The quantitative estimate of drug-likeness (QED) is 0.743. The monoisotopic (exact) mass is 169 g/mol. The van der Waals surface area contributed by atoms with Crippen molar-refractivity contribution in [3.8, 4) is 5.75 Å². The van der Waals surface area contributed by atoms with E-state index >= 15 is 0 Å². The van der Waals surface area contributed by atoms with Crippen LogP contribution in [0.5, 0.6) is 5.75 Å². The fraction of sp³-hybridized carbons (Fsp3) is 0.333. The van der Waals surface area contributed by atoms with Crippen LogP contribution in [0.25, 0.3) is 0 Å². The van der Waals surface area contributed by atoms with Gasteiger partial charge in [-0.1, -0.05) is 0 Å². The van der Waals surface area contributed by atoms with Crippen LogP contribution in [-0.4, -0.2) is 13.2 Å². The zero-order valence-corrected chi connectivity index (χ0v) is 7.01. The molecule has 0 aliphatic carbocycles. The molecule has 0 amide bonds. The second-order valence-corrected chi connectivity index (χ2v) is 2.55. The maximum absolute atomic E-state index is 12.7. The van der Waals surface area contributed by atoms with E-state index in [2.05, 4.69) is 0 Å². The molecule has 0 fully saturated rings. The van der Waals surface area contributed by atoms with Crippen molar-refractivity contribution in [2.45, 2.75) is 6.92 Å². The fourth-order valence-electron chi connectivity index (χ4n) is 0.884. The van der Waals surface area contributed by atoms with Crippen molar-refractivity contribution < 1.29 is 9.13 Å². The van der Waals surface area contributed by atoms with Gasteiger partial charge >= 0.3 is 0 Å². The molecule has 66 valence electrons. The Bertz CT molecular complexity index is 263. The number of hydrogen-bond donors (Lipinski definition) is 1. The van der Waals surface area contributed by atoms with Crippen LogP contribution in [0.4, 0.5) is 4.39 Å². The molecule has 0 saturated carbocycles. The number of rotatable bonds is 3. The Morgan fingerprint density at radius 3 is 2.83 bits per heavy atom. The van der Waals surface area contributed by atoms with Gasteiger partial charge in [0.1, 0.15) is 18.2 Å². The molecule has 2 nitrogen and oxygen atoms in total. The number of nitrogens with two attached hydrogens (primary N) is 1. The molecule has 1 aromatic rings. The third kappa shape index (κ3) is 2.20. The molecule has 0 aliphatic heterocycles. The summed E-state index contributed by atoms with van der Waals surface area (Å²) in [6.07, 6.45) is 0. The summed E-state index contributed by atoms with van der Waals surface area (Å²) >= 11 is 0. The van der Waals surface area contributed by atoms with Crippen molar-refractivity contribution in [3.05, 3.63) is 29.6 Å². The average molecular weight is 169 g/mol. The van der Waals surface area contributed by atoms with Crippen LogP contribution in [0.1, 0.15) is 5.56 Å². The topological polar surface area (TPSA) is 35.2 Å². The summed E-state index contributed by atoms with van der Waals surface area (Å²) in [7, 11) is 0. The number of hydrogen-bond acceptors (Lipinski definition) is 2. The SMILES string of the molecule is Cc1cc(OCCN)ccc1F. The third-order valence-corrected chi connectivity index (χ3v) is 1.52. The van der Waals surface area contributed by atoms with Gasteiger partial charge in [-0.2, -0.15) is 0 Å². The van der Waals surface area contributed by atoms with Crippen molar-refractivity contribution in [1.82, 2.24) is 0 Å². The highest BCUT2D eigenvalue weighted by Crippen LogP contribution is 2.15. The van der Waals surface area contributed by atoms with Crippen LogP contribution >= 0.6 is 0 Å². The molecule has 0 aliphatic rings. The van der Waals surface area contributed by atoms with Gasteiger partial charge in [0.2, 0.25) is 0 Å². The molecule has 0 radical (unpaired) electrons. The number of halogens is 1. The van der Waals surface area contributed by atoms with Crippen LogP contribution in [0.15, 0.2) is 18.2 Å². The van der Waals surface area contributed by atoms with Gasteiger partial charge in [-0.25, -0.2) is 4.39 Å². The van der Waals surface area contributed by atoms with Gasteiger partial charge in [0.15, 0.2) is 0 Å². The van der Waals surface area contributed by atoms with Crippen molar-refractivity contribution in [2.24, 2.45) is 5.73 Å². The molecular weight excluding hydrogens is 157 g/mol. The largest absolute Gasteiger partial charge is 0.492 e. The Hall–Kier alpha value is -1.09. The molecule has 1 aromatic carbocycles. The molecule has 12 heavy (non-hydrogen) atoms. The van der Waals surface area contributed by atoms with Gasteiger partial charge in [0.05, 0.1) is 0 Å². The van der Waals surface area contributed by atoms with Gasteiger partial charge in [-0.15, -0.1) is 0 Å². The van der Waals surface area contributed by atoms with Crippen molar-refractivity contribution >= 4 is 0 Å². The first-order valence-corrected chi connectivity index (χ1v) is 3.83. The molecule has 1 rings (SSSR count). The van der Waals surface area contributed by atoms with Gasteiger partial charge in [-0.05, 0) is 30.7 Å². The third-order valence-electron chi connectivity index (χ3n) is 1.52. The van der Waals surface area contributed by atoms with Gasteiger partial charge in [-0.3, -0.25) is 0 Å². The average Bonchev–Trinajstić information content (AvgIpc) is 2.07. The molecule has 0 saturated heterocycles. The van der Waals surface area contributed by atoms with E-state index in [4.69, 9.17) is 10.5 Å². The molecule has 2 N–H and O–H groups in total. The van der Waals surface area contributed by atoms with Crippen LogP contribution < -0.4 is 10.5 Å². The molecule has 0 bridgehead atoms. The van der Waals surface area contributed by atoms with Crippen LogP contribution in [0, 0.1) is 12.7 Å². The Balaban J connectivity index is 2.69. The zero-order valence-electron chi connectivity index (χ0n) is 7.01. The minimum Gasteiger partial charge on any atom is -0.492 e. The van der Waals surface area contributed by atoms with Crippen LogP contribution in [-0.2, 0) is 0 Å². The number of ether oxygens (including phenoxy) is 1. The molecule has 0 atom stereocenters. The Morgan fingerprint density at radius 1 is 1.50 bits per heavy atom. The van der Waals surface area contributed by atoms with Crippen molar-refractivity contribution in [1.29, 1.82) is 0 Å². The lowest BCUT2D eigenvalue weighted by molar-refractivity contribution is 0.327. The molecular formula is C9H12FNO. The van der Waals surface area contributed by atoms with E-state index in [0.29, 0.717) is 24.5 Å². The normalized spacial score (nSPS) is 9.92. The maximum atomic E-state index is 12.7. The summed E-state index contributed by atoms with van der Waals surface area (Å²) in [6, 6.07) is 4.64. The van der Waals surface area contributed by atoms with E-state index in [-0.39, 0.29) is 5.82 Å². The summed E-state index contributed by atoms with van der Waals surface area (Å²) in [5, 5.41) is 0. The zero-order chi connectivity index (χ0) is 8.97. The summed E-state index contributed by atoms with van der Waals surface area (Å²) < 4.78 is 17.9. The first kappa shape index (κ1) is 9.00. The molecule has 0 heterocycles. The van der Waals surface area contributed by atoms with Crippen molar-refractivity contribution in [3.63, 3.8) is 0 Å². The second-order valence-electron chi connectivity index (χ2n) is 2.55. The minimum atomic E-state index is -0.213. The fourth-order valence-corrected chi connectivity index (χ4v) is 0.884. The first-order chi connectivity index (χ1) is 5.74. The van der Waals surface area contributed by atoms with E-state index < -0.39 is 0 Å². The predicted octanol–water partition coefficient (Wildman–Crippen LogP) is 1.47. The maximum Gasteiger partial charge on any atom is 0.126 e. The number of benzene rings is 1. The summed E-state index contributed by atoms with van der Waals surface area (Å²) in [6.45, 7) is 2.63. The smallest absolute Gasteiger partial charge is 0.126 e. The van der Waals surface area contributed by atoms with E-state index in [1.807, 2.05) is 0 Å². The predicted molar refractivity (Wildman–Crippen MR) is 45.7 cm³/mol. The second kappa shape index (κ2) is 4.07. The Labute approximate surface area is 71.1 Å². The summed E-state index contributed by atoms with van der Waals surface area (Å²) in [5.41, 5.74) is 5.83. The summed E-state index contributed by atoms with van der Waals surface area (Å²) in [4.78, 5) is 0. The Kier molecular flexibility index (Phi) is 3.05. The van der Waals surface area contributed by atoms with Gasteiger partial charge < -0.3 is 10.5 Å². The highest BCUT2D eigenvalue weighted by atomic mass is 19.1. The lowest BCUT2D eigenvalue weighted by Gasteiger charge is -2.04.